The highest BCUT2D eigenvalue weighted by Crippen LogP contribution is 2.21. The molecule has 2 heterocycles. The molecule has 1 aromatic heterocycles. The molecule has 1 unspecified atom stereocenters. The van der Waals surface area contributed by atoms with Gasteiger partial charge in [-0.05, 0) is 38.5 Å². The summed E-state index contributed by atoms with van der Waals surface area (Å²) < 4.78 is 2.08. The van der Waals surface area contributed by atoms with E-state index in [2.05, 4.69) is 34.0 Å². The number of nitrogens with one attached hydrogen (secondary N) is 2. The number of hydrogen-bond acceptors (Lipinski definition) is 3. The number of imidazole rings is 1. The highest BCUT2D eigenvalue weighted by molar-refractivity contribution is 5.99. The van der Waals surface area contributed by atoms with Crippen LogP contribution in [0.2, 0.25) is 0 Å². The molecule has 0 spiro atoms. The van der Waals surface area contributed by atoms with E-state index in [4.69, 9.17) is 0 Å². The Bertz CT molecular complexity index is 705. The number of nitrogens with zero attached hydrogens (tertiary/aromatic N) is 2. The summed E-state index contributed by atoms with van der Waals surface area (Å²) >= 11 is 0. The van der Waals surface area contributed by atoms with Crippen LogP contribution in [0.15, 0.2) is 24.5 Å². The average molecular weight is 286 g/mol. The van der Waals surface area contributed by atoms with E-state index in [1.807, 2.05) is 18.2 Å². The first-order valence-electron chi connectivity index (χ1n) is 7.11. The van der Waals surface area contributed by atoms with Crippen LogP contribution in [0.1, 0.15) is 32.7 Å². The smallest absolute Gasteiger partial charge is 0.246 e. The van der Waals surface area contributed by atoms with E-state index in [1.165, 1.54) is 0 Å². The van der Waals surface area contributed by atoms with E-state index in [0.717, 1.165) is 11.0 Å². The van der Waals surface area contributed by atoms with Gasteiger partial charge in [-0.1, -0.05) is 0 Å². The Hall–Kier alpha value is -2.37. The first kappa shape index (κ1) is 13.6. The molecular formula is C15H18N4O2. The van der Waals surface area contributed by atoms with Crippen LogP contribution in [-0.2, 0) is 9.59 Å². The molecule has 2 aromatic rings. The zero-order valence-corrected chi connectivity index (χ0v) is 12.1. The van der Waals surface area contributed by atoms with Crippen molar-refractivity contribution >= 4 is 28.5 Å². The summed E-state index contributed by atoms with van der Waals surface area (Å²) in [6, 6.07) is 5.57. The van der Waals surface area contributed by atoms with Crippen molar-refractivity contribution in [3.05, 3.63) is 24.5 Å². The zero-order valence-electron chi connectivity index (χ0n) is 12.1. The highest BCUT2D eigenvalue weighted by Gasteiger charge is 2.27. The number of benzene rings is 1. The maximum absolute atomic E-state index is 12.1. The van der Waals surface area contributed by atoms with Crippen molar-refractivity contribution in [1.82, 2.24) is 14.9 Å². The van der Waals surface area contributed by atoms with Gasteiger partial charge < -0.3 is 15.2 Å². The summed E-state index contributed by atoms with van der Waals surface area (Å²) in [6.07, 6.45) is 2.77. The first-order valence-corrected chi connectivity index (χ1v) is 7.11. The summed E-state index contributed by atoms with van der Waals surface area (Å²) in [5, 5.41) is 5.49. The van der Waals surface area contributed by atoms with Crippen LogP contribution >= 0.6 is 0 Å². The molecule has 1 aromatic carbocycles. The molecule has 1 saturated heterocycles. The van der Waals surface area contributed by atoms with E-state index >= 15 is 0 Å². The van der Waals surface area contributed by atoms with Crippen molar-refractivity contribution in [1.29, 1.82) is 0 Å². The highest BCUT2D eigenvalue weighted by atomic mass is 16.2. The Balaban J connectivity index is 1.78. The van der Waals surface area contributed by atoms with Crippen LogP contribution in [0, 0.1) is 0 Å². The van der Waals surface area contributed by atoms with Crippen LogP contribution in [0.5, 0.6) is 0 Å². The first-order chi connectivity index (χ1) is 10.0. The van der Waals surface area contributed by atoms with Crippen LogP contribution in [0.25, 0.3) is 11.0 Å². The maximum atomic E-state index is 12.1. The Kier molecular flexibility index (Phi) is 3.37. The predicted molar refractivity (Wildman–Crippen MR) is 79.9 cm³/mol. The van der Waals surface area contributed by atoms with Crippen molar-refractivity contribution in [3.63, 3.8) is 0 Å². The lowest BCUT2D eigenvalue weighted by atomic mass is 10.2. The van der Waals surface area contributed by atoms with E-state index in [1.54, 1.807) is 6.33 Å². The predicted octanol–water partition coefficient (Wildman–Crippen LogP) is 1.83. The van der Waals surface area contributed by atoms with Gasteiger partial charge in [-0.25, -0.2) is 4.98 Å². The number of anilines is 1. The summed E-state index contributed by atoms with van der Waals surface area (Å²) in [5.74, 6) is -0.246. The van der Waals surface area contributed by atoms with Gasteiger partial charge in [0.05, 0.1) is 17.4 Å². The van der Waals surface area contributed by atoms with Gasteiger partial charge in [0.2, 0.25) is 11.8 Å². The van der Waals surface area contributed by atoms with Gasteiger partial charge in [0, 0.05) is 18.2 Å². The number of fused-ring (bicyclic) bond motifs is 1. The normalized spacial score (nSPS) is 18.2. The SMILES string of the molecule is CC(C)n1cnc2cc(NC(=O)C3CCC(=O)N3)ccc21. The Morgan fingerprint density at radius 3 is 2.95 bits per heavy atom. The third-order valence-corrected chi connectivity index (χ3v) is 3.71. The maximum Gasteiger partial charge on any atom is 0.246 e. The largest absolute Gasteiger partial charge is 0.344 e. The van der Waals surface area contributed by atoms with Gasteiger partial charge in [-0.2, -0.15) is 0 Å². The minimum Gasteiger partial charge on any atom is -0.344 e. The van der Waals surface area contributed by atoms with Crippen molar-refractivity contribution in [2.75, 3.05) is 5.32 Å². The fraction of sp³-hybridized carbons (Fsp3) is 0.400. The third kappa shape index (κ3) is 2.61. The van der Waals surface area contributed by atoms with Gasteiger partial charge in [0.1, 0.15) is 6.04 Å². The standard InChI is InChI=1S/C15H18N4O2/c1-9(2)19-8-16-12-7-10(3-5-13(12)19)17-15(21)11-4-6-14(20)18-11/h3,5,7-9,11H,4,6H2,1-2H3,(H,17,21)(H,18,20). The molecule has 21 heavy (non-hydrogen) atoms. The topological polar surface area (TPSA) is 76.0 Å². The molecule has 0 radical (unpaired) electrons. The second-order valence-corrected chi connectivity index (χ2v) is 5.60. The molecule has 1 atom stereocenters. The molecule has 2 amide bonds. The van der Waals surface area contributed by atoms with Crippen molar-refractivity contribution in [2.45, 2.75) is 38.8 Å². The molecule has 3 rings (SSSR count). The Morgan fingerprint density at radius 1 is 1.48 bits per heavy atom. The van der Waals surface area contributed by atoms with Crippen molar-refractivity contribution in [2.24, 2.45) is 0 Å². The number of amides is 2. The Morgan fingerprint density at radius 2 is 2.29 bits per heavy atom. The summed E-state index contributed by atoms with van der Waals surface area (Å²) in [4.78, 5) is 27.6. The molecule has 6 heteroatoms. The molecule has 2 N–H and O–H groups in total. The summed E-state index contributed by atoms with van der Waals surface area (Å²) in [5.41, 5.74) is 2.58. The fourth-order valence-corrected chi connectivity index (χ4v) is 2.56. The average Bonchev–Trinajstić information content (AvgIpc) is 3.04. The van der Waals surface area contributed by atoms with Gasteiger partial charge in [0.25, 0.3) is 0 Å². The second kappa shape index (κ2) is 5.20. The van der Waals surface area contributed by atoms with E-state index in [-0.39, 0.29) is 11.8 Å². The van der Waals surface area contributed by atoms with Gasteiger partial charge in [-0.15, -0.1) is 0 Å². The lowest BCUT2D eigenvalue weighted by Crippen LogP contribution is -2.37. The summed E-state index contributed by atoms with van der Waals surface area (Å²) in [6.45, 7) is 4.19. The lowest BCUT2D eigenvalue weighted by molar-refractivity contribution is -0.122. The molecule has 6 nitrogen and oxygen atoms in total. The third-order valence-electron chi connectivity index (χ3n) is 3.71. The minimum absolute atomic E-state index is 0.0683. The van der Waals surface area contributed by atoms with Crippen LogP contribution < -0.4 is 10.6 Å². The van der Waals surface area contributed by atoms with E-state index < -0.39 is 6.04 Å². The molecule has 1 aliphatic rings. The van der Waals surface area contributed by atoms with Crippen molar-refractivity contribution in [3.8, 4) is 0 Å². The monoisotopic (exact) mass is 286 g/mol. The molecule has 110 valence electrons. The van der Waals surface area contributed by atoms with Crippen LogP contribution in [-0.4, -0.2) is 27.4 Å². The fourth-order valence-electron chi connectivity index (χ4n) is 2.56. The van der Waals surface area contributed by atoms with Gasteiger partial charge in [0.15, 0.2) is 0 Å². The molecule has 1 fully saturated rings. The van der Waals surface area contributed by atoms with Gasteiger partial charge >= 0.3 is 0 Å². The van der Waals surface area contributed by atoms with Crippen molar-refractivity contribution < 1.29 is 9.59 Å². The quantitative estimate of drug-likeness (QED) is 0.904. The number of rotatable bonds is 3. The number of hydrogen-bond donors (Lipinski definition) is 2. The number of aromatic nitrogens is 2. The van der Waals surface area contributed by atoms with Crippen LogP contribution in [0.3, 0.4) is 0 Å². The molecule has 0 aliphatic carbocycles. The summed E-state index contributed by atoms with van der Waals surface area (Å²) in [7, 11) is 0. The van der Waals surface area contributed by atoms with Gasteiger partial charge in [-0.3, -0.25) is 9.59 Å². The second-order valence-electron chi connectivity index (χ2n) is 5.60. The minimum atomic E-state index is -0.429. The van der Waals surface area contributed by atoms with E-state index in [0.29, 0.717) is 24.6 Å². The number of carbonyl (C=O) groups excluding carboxylic acids is 2. The zero-order chi connectivity index (χ0) is 15.0. The molecular weight excluding hydrogens is 268 g/mol. The number of carbonyl (C=O) groups is 2. The molecule has 0 saturated carbocycles. The Labute approximate surface area is 122 Å². The molecule has 1 aliphatic heterocycles. The molecule has 0 bridgehead atoms. The van der Waals surface area contributed by atoms with Crippen LogP contribution in [0.4, 0.5) is 5.69 Å². The lowest BCUT2D eigenvalue weighted by Gasteiger charge is -2.11. The van der Waals surface area contributed by atoms with E-state index in [9.17, 15) is 9.59 Å².